The molecule has 1 aliphatic heterocycles. The van der Waals surface area contributed by atoms with Crippen molar-refractivity contribution in [1.29, 1.82) is 0 Å². The van der Waals surface area contributed by atoms with Gasteiger partial charge in [-0.25, -0.2) is 8.42 Å². The van der Waals surface area contributed by atoms with Gasteiger partial charge in [0.15, 0.2) is 0 Å². The molecule has 0 saturated heterocycles. The minimum atomic E-state index is -3.92. The summed E-state index contributed by atoms with van der Waals surface area (Å²) in [6.07, 6.45) is 15.4. The summed E-state index contributed by atoms with van der Waals surface area (Å²) in [5.41, 5.74) is 1.59. The molecule has 0 aliphatic carbocycles. The fourth-order valence-corrected chi connectivity index (χ4v) is 1.99. The molecule has 0 amide bonds. The lowest BCUT2D eigenvalue weighted by molar-refractivity contribution is -0.804. The quantitative estimate of drug-likeness (QED) is 0.574. The Hall–Kier alpha value is -0.650. The number of rotatable bonds is 7. The number of nitrogens with one attached hydrogen (secondary N) is 1. The lowest BCUT2D eigenvalue weighted by Gasteiger charge is -2.13. The third-order valence-corrected chi connectivity index (χ3v) is 2.83. The monoisotopic (exact) mass is 289 g/mol. The molecule has 0 radical (unpaired) electrons. The molecule has 1 rings (SSSR count). The van der Waals surface area contributed by atoms with Crippen LogP contribution < -0.4 is 4.90 Å². The Balaban J connectivity index is 0.000000555. The first-order valence-electron chi connectivity index (χ1n) is 7.02. The molecule has 0 saturated carbocycles. The molecular formula is C14H27NO3S. The number of quaternary nitrogens is 1. The van der Waals surface area contributed by atoms with Gasteiger partial charge in [0.05, 0.1) is 22.9 Å². The SMILES string of the molecule is CCCCCC[NH+]1C=CC=C1CCC.CS(=O)(=O)[O-]. The highest BCUT2D eigenvalue weighted by molar-refractivity contribution is 7.84. The molecule has 0 fully saturated rings. The lowest BCUT2D eigenvalue weighted by Crippen LogP contribution is -3.04. The Labute approximate surface area is 117 Å². The van der Waals surface area contributed by atoms with E-state index >= 15 is 0 Å². The van der Waals surface area contributed by atoms with Crippen LogP contribution in [0.2, 0.25) is 0 Å². The predicted molar refractivity (Wildman–Crippen MR) is 77.7 cm³/mol. The van der Waals surface area contributed by atoms with Gasteiger partial charge in [-0.1, -0.05) is 26.7 Å². The van der Waals surface area contributed by atoms with E-state index in [0.29, 0.717) is 6.26 Å². The second-order valence-corrected chi connectivity index (χ2v) is 6.25. The maximum atomic E-state index is 9.08. The average molecular weight is 289 g/mol. The first-order valence-corrected chi connectivity index (χ1v) is 8.84. The van der Waals surface area contributed by atoms with Crippen molar-refractivity contribution in [3.05, 3.63) is 24.0 Å². The smallest absolute Gasteiger partial charge is 0.112 e. The van der Waals surface area contributed by atoms with E-state index in [9.17, 15) is 0 Å². The molecule has 5 heteroatoms. The molecule has 19 heavy (non-hydrogen) atoms. The molecule has 1 heterocycles. The van der Waals surface area contributed by atoms with Gasteiger partial charge in [-0.2, -0.15) is 0 Å². The van der Waals surface area contributed by atoms with Crippen molar-refractivity contribution in [3.63, 3.8) is 0 Å². The summed E-state index contributed by atoms with van der Waals surface area (Å²) in [4.78, 5) is 1.60. The van der Waals surface area contributed by atoms with Crippen molar-refractivity contribution in [2.24, 2.45) is 0 Å². The standard InChI is InChI=1S/C13H23N.CH4O3S/c1-3-5-6-7-11-14-12-8-10-13(14)9-4-2;1-5(2,3)4/h8,10,12H,3-7,9,11H2,1-2H3;1H3,(H,2,3,4). The molecule has 0 aromatic rings. The Kier molecular flexibility index (Phi) is 9.83. The largest absolute Gasteiger partial charge is 0.748 e. The Morgan fingerprint density at radius 2 is 1.79 bits per heavy atom. The van der Waals surface area contributed by atoms with E-state index in [1.165, 1.54) is 45.1 Å². The number of allylic oxidation sites excluding steroid dienone is 3. The highest BCUT2D eigenvalue weighted by atomic mass is 32.2. The van der Waals surface area contributed by atoms with Crippen molar-refractivity contribution in [1.82, 2.24) is 0 Å². The van der Waals surface area contributed by atoms with Gasteiger partial charge in [0, 0.05) is 18.8 Å². The third-order valence-electron chi connectivity index (χ3n) is 2.83. The van der Waals surface area contributed by atoms with Crippen molar-refractivity contribution in [3.8, 4) is 0 Å². The normalized spacial score (nSPS) is 17.9. The summed E-state index contributed by atoms with van der Waals surface area (Å²) in [6, 6.07) is 0. The Bertz CT molecular complexity index is 377. The van der Waals surface area contributed by atoms with Gasteiger partial charge in [-0.05, 0) is 25.3 Å². The van der Waals surface area contributed by atoms with Crippen molar-refractivity contribution in [2.75, 3.05) is 12.8 Å². The molecule has 1 unspecified atom stereocenters. The van der Waals surface area contributed by atoms with Crippen LogP contribution in [0.5, 0.6) is 0 Å². The van der Waals surface area contributed by atoms with Crippen LogP contribution in [0.4, 0.5) is 0 Å². The summed E-state index contributed by atoms with van der Waals surface area (Å²) < 4.78 is 27.2. The molecular weight excluding hydrogens is 262 g/mol. The van der Waals surface area contributed by atoms with Crippen LogP contribution in [0.15, 0.2) is 24.0 Å². The van der Waals surface area contributed by atoms with Crippen LogP contribution in [0.3, 0.4) is 0 Å². The van der Waals surface area contributed by atoms with Crippen molar-refractivity contribution >= 4 is 10.1 Å². The molecule has 1 aliphatic rings. The minimum Gasteiger partial charge on any atom is -0.748 e. The maximum absolute atomic E-state index is 9.08. The van der Waals surface area contributed by atoms with Crippen LogP contribution in [0.1, 0.15) is 52.4 Å². The fraction of sp³-hybridized carbons (Fsp3) is 0.714. The minimum absolute atomic E-state index is 0.604. The lowest BCUT2D eigenvalue weighted by atomic mass is 10.2. The third kappa shape index (κ3) is 12.1. The second kappa shape index (κ2) is 10.2. The van der Waals surface area contributed by atoms with Gasteiger partial charge < -0.3 is 4.55 Å². The van der Waals surface area contributed by atoms with Crippen LogP contribution in [-0.2, 0) is 10.1 Å². The maximum Gasteiger partial charge on any atom is 0.112 e. The molecule has 1 N–H and O–H groups in total. The zero-order valence-electron chi connectivity index (χ0n) is 12.3. The van der Waals surface area contributed by atoms with Gasteiger partial charge in [-0.3, -0.25) is 4.90 Å². The number of hydrogen-bond donors (Lipinski definition) is 1. The Morgan fingerprint density at radius 1 is 1.16 bits per heavy atom. The summed E-state index contributed by atoms with van der Waals surface area (Å²) in [6.45, 7) is 5.82. The van der Waals surface area contributed by atoms with Crippen LogP contribution in [0, 0.1) is 0 Å². The van der Waals surface area contributed by atoms with Crippen molar-refractivity contribution in [2.45, 2.75) is 52.4 Å². The van der Waals surface area contributed by atoms with E-state index in [0.717, 1.165) is 0 Å². The highest BCUT2D eigenvalue weighted by Gasteiger charge is 2.14. The average Bonchev–Trinajstić information content (AvgIpc) is 2.71. The van der Waals surface area contributed by atoms with Gasteiger partial charge in [-0.15, -0.1) is 0 Å². The van der Waals surface area contributed by atoms with Crippen LogP contribution in [-0.4, -0.2) is 25.8 Å². The second-order valence-electron chi connectivity index (χ2n) is 4.84. The van der Waals surface area contributed by atoms with E-state index in [-0.39, 0.29) is 0 Å². The first kappa shape index (κ1) is 18.4. The molecule has 0 spiro atoms. The topological polar surface area (TPSA) is 61.6 Å². The summed E-state index contributed by atoms with van der Waals surface area (Å²) in [5.74, 6) is 0. The zero-order valence-corrected chi connectivity index (χ0v) is 13.1. The molecule has 112 valence electrons. The van der Waals surface area contributed by atoms with E-state index in [1.807, 2.05) is 0 Å². The first-order chi connectivity index (χ1) is 8.88. The van der Waals surface area contributed by atoms with Crippen LogP contribution >= 0.6 is 0 Å². The molecule has 4 nitrogen and oxygen atoms in total. The van der Waals surface area contributed by atoms with Crippen LogP contribution in [0.25, 0.3) is 0 Å². The molecule has 1 atom stereocenters. The van der Waals surface area contributed by atoms with E-state index in [4.69, 9.17) is 13.0 Å². The highest BCUT2D eigenvalue weighted by Crippen LogP contribution is 2.02. The van der Waals surface area contributed by atoms with Gasteiger partial charge in [0.25, 0.3) is 0 Å². The van der Waals surface area contributed by atoms with Gasteiger partial charge >= 0.3 is 0 Å². The molecule has 0 aromatic heterocycles. The summed E-state index contributed by atoms with van der Waals surface area (Å²) in [7, 11) is -3.92. The van der Waals surface area contributed by atoms with Crippen molar-refractivity contribution < 1.29 is 17.9 Å². The molecule has 0 aromatic carbocycles. The predicted octanol–water partition coefficient (Wildman–Crippen LogP) is 1.82. The Morgan fingerprint density at radius 3 is 2.32 bits per heavy atom. The van der Waals surface area contributed by atoms with E-state index in [1.54, 1.807) is 10.6 Å². The van der Waals surface area contributed by atoms with E-state index in [2.05, 4.69) is 32.2 Å². The number of hydrogen-bond acceptors (Lipinski definition) is 3. The summed E-state index contributed by atoms with van der Waals surface area (Å²) >= 11 is 0. The van der Waals surface area contributed by atoms with Gasteiger partial charge in [0.1, 0.15) is 5.70 Å². The zero-order chi connectivity index (χ0) is 14.7. The fourth-order valence-electron chi connectivity index (χ4n) is 1.99. The molecule has 0 bridgehead atoms. The van der Waals surface area contributed by atoms with E-state index < -0.39 is 10.1 Å². The summed E-state index contributed by atoms with van der Waals surface area (Å²) in [5, 5.41) is 0. The number of unbranched alkanes of at least 4 members (excludes halogenated alkanes) is 3. The van der Waals surface area contributed by atoms with Gasteiger partial charge in [0.2, 0.25) is 0 Å².